The second-order valence-corrected chi connectivity index (χ2v) is 18.2. The number of rotatable bonds is 21. The zero-order valence-corrected chi connectivity index (χ0v) is 38.8. The molecule has 7 atom stereocenters. The Morgan fingerprint density at radius 3 is 2.62 bits per heavy atom. The van der Waals surface area contributed by atoms with Gasteiger partial charge < -0.3 is 38.7 Å². The lowest BCUT2D eigenvalue weighted by atomic mass is 9.55. The molecule has 2 fully saturated rings. The number of hydrogen-bond donors (Lipinski definition) is 2. The van der Waals surface area contributed by atoms with Crippen LogP contribution in [-0.2, 0) is 32.2 Å². The number of carbonyl (C=O) groups excluding carboxylic acids is 1. The summed E-state index contributed by atoms with van der Waals surface area (Å²) in [5, 5.41) is 27.1. The second kappa shape index (κ2) is 22.7. The zero-order valence-electron chi connectivity index (χ0n) is 38.0. The molecule has 0 radical (unpaired) electrons. The molecule has 2 aliphatic heterocycles. The Labute approximate surface area is 393 Å². The van der Waals surface area contributed by atoms with Gasteiger partial charge in [0.25, 0.3) is 0 Å². The number of aromatic nitrogens is 1. The van der Waals surface area contributed by atoms with Crippen molar-refractivity contribution < 1.29 is 43.5 Å². The summed E-state index contributed by atoms with van der Waals surface area (Å²) in [4.78, 5) is 27.6. The van der Waals surface area contributed by atoms with Crippen molar-refractivity contribution >= 4 is 34.2 Å². The monoisotopic (exact) mass is 921 g/mol. The molecule has 0 bridgehead atoms. The average Bonchev–Trinajstić information content (AvgIpc) is 3.34. The van der Waals surface area contributed by atoms with Crippen molar-refractivity contribution in [2.75, 3.05) is 38.9 Å². The molecule has 2 aliphatic carbocycles. The Hall–Kier alpha value is -4.98. The first-order valence-electron chi connectivity index (χ1n) is 23.7. The number of unbranched alkanes of at least 4 members (excludes halogenated alkanes) is 2. The maximum atomic E-state index is 14.9. The SMILES string of the molecule is C=CCOC12Oc3ccc(OCc4cccc(C)n4)cc3C3C(CCCCO)C(CCCCO)C=C(C(=NOC4CCCCO4)CC1N(Cc1cccc4ccccc14)C(=O)OCCCl)C32. The van der Waals surface area contributed by atoms with E-state index in [-0.39, 0.29) is 69.6 Å². The molecule has 12 nitrogen and oxygen atoms in total. The van der Waals surface area contributed by atoms with E-state index in [1.54, 1.807) is 11.0 Å². The standard InChI is InChI=1S/C53H64ClN3O9/c1-3-28-64-53-48(57(52(60)62-30-25-54)34-39-18-13-17-37-15-4-5-20-42(37)39)33-46(56-66-49-22-8-11-29-61-49)44-31-38(16-6-9-26-58)43(21-7-10-27-59)50(51(44)53)45-32-41(23-24-47(45)65-53)63-35-40-19-12-14-36(2)55-40/h3-5,12-15,17-20,23-24,31-32,38,43,48-51,58-59H,1,6-11,16,21-22,25-30,33-35H2,2H3. The summed E-state index contributed by atoms with van der Waals surface area (Å²) in [5.41, 5.74) is 5.23. The molecule has 13 heteroatoms. The molecule has 7 unspecified atom stereocenters. The summed E-state index contributed by atoms with van der Waals surface area (Å²) in [6, 6.07) is 25.3. The van der Waals surface area contributed by atoms with Gasteiger partial charge in [-0.1, -0.05) is 78.7 Å². The molecule has 3 aromatic carbocycles. The van der Waals surface area contributed by atoms with Crippen molar-refractivity contribution in [1.29, 1.82) is 0 Å². The van der Waals surface area contributed by atoms with E-state index in [9.17, 15) is 15.0 Å². The highest BCUT2D eigenvalue weighted by Gasteiger charge is 2.66. The normalized spacial score (nSPS) is 25.0. The van der Waals surface area contributed by atoms with Crippen molar-refractivity contribution in [3.05, 3.63) is 126 Å². The highest BCUT2D eigenvalue weighted by atomic mass is 35.5. The van der Waals surface area contributed by atoms with Crippen LogP contribution in [0.4, 0.5) is 4.79 Å². The fourth-order valence-electron chi connectivity index (χ4n) is 10.6. The highest BCUT2D eigenvalue weighted by Crippen LogP contribution is 2.62. The quantitative estimate of drug-likeness (QED) is 0.0359. The number of amides is 1. The van der Waals surface area contributed by atoms with E-state index >= 15 is 0 Å². The molecule has 3 heterocycles. The zero-order chi connectivity index (χ0) is 45.9. The smallest absolute Gasteiger partial charge is 0.410 e. The third-order valence-electron chi connectivity index (χ3n) is 13.5. The molecule has 1 saturated heterocycles. The largest absolute Gasteiger partial charge is 0.487 e. The van der Waals surface area contributed by atoms with Gasteiger partial charge in [0.2, 0.25) is 12.1 Å². The molecule has 4 aromatic rings. The predicted molar refractivity (Wildman–Crippen MR) is 254 cm³/mol. The van der Waals surface area contributed by atoms with E-state index in [1.807, 2.05) is 61.5 Å². The maximum Gasteiger partial charge on any atom is 0.410 e. The summed E-state index contributed by atoms with van der Waals surface area (Å²) < 4.78 is 33.2. The number of aliphatic hydroxyl groups excluding tert-OH is 2. The van der Waals surface area contributed by atoms with Crippen LogP contribution in [0.25, 0.3) is 10.8 Å². The Balaban J connectivity index is 1.33. The topological polar surface area (TPSA) is 141 Å². The first-order valence-corrected chi connectivity index (χ1v) is 24.3. The van der Waals surface area contributed by atoms with Gasteiger partial charge >= 0.3 is 6.09 Å². The number of allylic oxidation sites excluding steroid dienone is 1. The lowest BCUT2D eigenvalue weighted by Gasteiger charge is -2.60. The minimum Gasteiger partial charge on any atom is -0.487 e. The van der Waals surface area contributed by atoms with Gasteiger partial charge in [-0.2, -0.15) is 0 Å². The van der Waals surface area contributed by atoms with Gasteiger partial charge in [0, 0.05) is 43.2 Å². The number of carbonyl (C=O) groups is 1. The minimum atomic E-state index is -1.48. The molecule has 2 N–H and O–H groups in total. The molecule has 66 heavy (non-hydrogen) atoms. The van der Waals surface area contributed by atoms with Crippen molar-refractivity contribution in [3.63, 3.8) is 0 Å². The van der Waals surface area contributed by atoms with Crippen LogP contribution in [0.5, 0.6) is 11.5 Å². The van der Waals surface area contributed by atoms with Crippen molar-refractivity contribution in [2.24, 2.45) is 22.9 Å². The predicted octanol–water partition coefficient (Wildman–Crippen LogP) is 10.2. The van der Waals surface area contributed by atoms with E-state index in [0.717, 1.165) is 77.4 Å². The molecular formula is C53H64ClN3O9. The van der Waals surface area contributed by atoms with Crippen LogP contribution in [0.1, 0.15) is 92.6 Å². The fourth-order valence-corrected chi connectivity index (χ4v) is 10.7. The van der Waals surface area contributed by atoms with Crippen molar-refractivity contribution in [3.8, 4) is 11.5 Å². The number of alkyl halides is 1. The van der Waals surface area contributed by atoms with Crippen LogP contribution in [-0.4, -0.2) is 88.9 Å². The van der Waals surface area contributed by atoms with E-state index in [2.05, 4.69) is 41.9 Å². The van der Waals surface area contributed by atoms with E-state index in [0.29, 0.717) is 43.1 Å². The molecule has 0 spiro atoms. The van der Waals surface area contributed by atoms with Crippen LogP contribution >= 0.6 is 11.6 Å². The Kier molecular flexibility index (Phi) is 16.3. The number of oxime groups is 1. The lowest BCUT2D eigenvalue weighted by Crippen LogP contribution is -2.70. The molecule has 4 aliphatic rings. The number of aryl methyl sites for hydroxylation is 1. The molecular weight excluding hydrogens is 858 g/mol. The number of halogens is 1. The van der Waals surface area contributed by atoms with E-state index in [1.165, 1.54) is 0 Å². The minimum absolute atomic E-state index is 0.00688. The Morgan fingerprint density at radius 2 is 1.83 bits per heavy atom. The van der Waals surface area contributed by atoms with Gasteiger partial charge in [0.1, 0.15) is 30.8 Å². The molecule has 1 aromatic heterocycles. The van der Waals surface area contributed by atoms with Crippen LogP contribution in [0, 0.1) is 24.7 Å². The van der Waals surface area contributed by atoms with Crippen LogP contribution in [0.15, 0.2) is 108 Å². The molecule has 352 valence electrons. The summed E-state index contributed by atoms with van der Waals surface area (Å²) in [7, 11) is 0. The summed E-state index contributed by atoms with van der Waals surface area (Å²) in [6.07, 6.45) is 10.4. The van der Waals surface area contributed by atoms with Crippen LogP contribution in [0.3, 0.4) is 0 Å². The van der Waals surface area contributed by atoms with Crippen LogP contribution in [0.2, 0.25) is 0 Å². The van der Waals surface area contributed by atoms with Crippen molar-refractivity contribution in [1.82, 2.24) is 9.88 Å². The Bertz CT molecular complexity index is 2330. The first-order chi connectivity index (χ1) is 32.4. The summed E-state index contributed by atoms with van der Waals surface area (Å²) in [6.45, 7) is 7.41. The van der Waals surface area contributed by atoms with E-state index < -0.39 is 30.1 Å². The third kappa shape index (κ3) is 10.6. The van der Waals surface area contributed by atoms with Gasteiger partial charge in [-0.15, -0.1) is 18.2 Å². The number of benzene rings is 3. The van der Waals surface area contributed by atoms with Gasteiger partial charge in [-0.05, 0) is 110 Å². The number of ether oxygens (including phenoxy) is 5. The first kappa shape index (κ1) is 47.5. The number of pyridine rings is 1. The number of fused-ring (bicyclic) bond motifs is 3. The molecule has 8 rings (SSSR count). The number of nitrogens with zero attached hydrogens (tertiary/aromatic N) is 3. The summed E-state index contributed by atoms with van der Waals surface area (Å²) >= 11 is 6.19. The van der Waals surface area contributed by atoms with Gasteiger partial charge in [0.15, 0.2) is 0 Å². The third-order valence-corrected chi connectivity index (χ3v) is 13.7. The summed E-state index contributed by atoms with van der Waals surface area (Å²) in [5.74, 6) is -0.735. The Morgan fingerprint density at radius 1 is 1.02 bits per heavy atom. The fraction of sp³-hybridized carbons (Fsp3) is 0.491. The second-order valence-electron chi connectivity index (χ2n) is 17.8. The number of hydrogen-bond acceptors (Lipinski definition) is 11. The van der Waals surface area contributed by atoms with Gasteiger partial charge in [0.05, 0.1) is 43.0 Å². The number of aliphatic hydroxyl groups is 2. The van der Waals surface area contributed by atoms with E-state index in [4.69, 9.17) is 45.3 Å². The van der Waals surface area contributed by atoms with Gasteiger partial charge in [-0.25, -0.2) is 4.79 Å². The highest BCUT2D eigenvalue weighted by molar-refractivity contribution is 6.18. The molecule has 1 saturated carbocycles. The molecule has 1 amide bonds. The van der Waals surface area contributed by atoms with Gasteiger partial charge in [-0.3, -0.25) is 9.88 Å². The van der Waals surface area contributed by atoms with Crippen LogP contribution < -0.4 is 9.47 Å². The van der Waals surface area contributed by atoms with Crippen molar-refractivity contribution in [2.45, 2.75) is 108 Å². The average molecular weight is 923 g/mol. The lowest BCUT2D eigenvalue weighted by molar-refractivity contribution is -0.256. The maximum absolute atomic E-state index is 14.9.